The van der Waals surface area contributed by atoms with Gasteiger partial charge in [-0.1, -0.05) is 36.9 Å². The van der Waals surface area contributed by atoms with E-state index in [9.17, 15) is 13.2 Å². The Balaban J connectivity index is 2.14. The summed E-state index contributed by atoms with van der Waals surface area (Å²) in [5, 5.41) is 0. The first-order valence-electron chi connectivity index (χ1n) is 6.84. The minimum atomic E-state index is -4.50. The molecule has 2 rings (SSSR count). The standard InChI is InChI=1S/C17H16F3NO2/c1-12(10-22-2)14-7-4-3-6-13(14)11-23-16-9-5-8-15(21-16)17(18,19)20/h3-9H,1,10-11H2,2H3. The fourth-order valence-electron chi connectivity index (χ4n) is 2.05. The highest BCUT2D eigenvalue weighted by Crippen LogP contribution is 2.29. The van der Waals surface area contributed by atoms with Crippen molar-refractivity contribution in [1.29, 1.82) is 0 Å². The summed E-state index contributed by atoms with van der Waals surface area (Å²) in [5.41, 5.74) is 1.44. The molecule has 6 heteroatoms. The van der Waals surface area contributed by atoms with Crippen molar-refractivity contribution in [3.63, 3.8) is 0 Å². The van der Waals surface area contributed by atoms with Crippen LogP contribution in [0.15, 0.2) is 49.0 Å². The number of benzene rings is 1. The van der Waals surface area contributed by atoms with Crippen LogP contribution >= 0.6 is 0 Å². The Kier molecular flexibility index (Phi) is 5.39. The Morgan fingerprint density at radius 2 is 1.87 bits per heavy atom. The molecule has 0 amide bonds. The fraction of sp³-hybridized carbons (Fsp3) is 0.235. The smallest absolute Gasteiger partial charge is 0.433 e. The molecule has 23 heavy (non-hydrogen) atoms. The Bertz CT molecular complexity index is 684. The van der Waals surface area contributed by atoms with E-state index in [4.69, 9.17) is 9.47 Å². The van der Waals surface area contributed by atoms with Crippen LogP contribution < -0.4 is 4.74 Å². The highest BCUT2D eigenvalue weighted by molar-refractivity contribution is 5.66. The van der Waals surface area contributed by atoms with Crippen LogP contribution in [-0.4, -0.2) is 18.7 Å². The van der Waals surface area contributed by atoms with Gasteiger partial charge in [0.25, 0.3) is 0 Å². The molecule has 1 heterocycles. The van der Waals surface area contributed by atoms with Crippen molar-refractivity contribution in [3.8, 4) is 5.88 Å². The Morgan fingerprint density at radius 3 is 2.57 bits per heavy atom. The second kappa shape index (κ2) is 7.28. The molecular weight excluding hydrogens is 307 g/mol. The maximum Gasteiger partial charge on any atom is 0.433 e. The second-order valence-corrected chi connectivity index (χ2v) is 4.84. The van der Waals surface area contributed by atoms with Crippen LogP contribution in [0.4, 0.5) is 13.2 Å². The summed E-state index contributed by atoms with van der Waals surface area (Å²) in [6.45, 7) is 4.38. The zero-order valence-electron chi connectivity index (χ0n) is 12.6. The number of hydrogen-bond donors (Lipinski definition) is 0. The van der Waals surface area contributed by atoms with Crippen molar-refractivity contribution in [2.75, 3.05) is 13.7 Å². The predicted octanol–water partition coefficient (Wildman–Crippen LogP) is 4.34. The lowest BCUT2D eigenvalue weighted by molar-refractivity contribution is -0.141. The first kappa shape index (κ1) is 17.0. The summed E-state index contributed by atoms with van der Waals surface area (Å²) < 4.78 is 48.4. The van der Waals surface area contributed by atoms with Gasteiger partial charge in [-0.25, -0.2) is 4.98 Å². The Labute approximate surface area is 132 Å². The molecule has 0 bridgehead atoms. The first-order chi connectivity index (χ1) is 10.9. The van der Waals surface area contributed by atoms with E-state index in [1.807, 2.05) is 24.3 Å². The summed E-state index contributed by atoms with van der Waals surface area (Å²) in [6.07, 6.45) is -4.50. The van der Waals surface area contributed by atoms with Gasteiger partial charge in [0.15, 0.2) is 0 Å². The minimum absolute atomic E-state index is 0.0769. The highest BCUT2D eigenvalue weighted by Gasteiger charge is 2.32. The van der Waals surface area contributed by atoms with Gasteiger partial charge in [0.1, 0.15) is 12.3 Å². The predicted molar refractivity (Wildman–Crippen MR) is 80.9 cm³/mol. The van der Waals surface area contributed by atoms with Crippen LogP contribution in [-0.2, 0) is 17.5 Å². The number of nitrogens with zero attached hydrogens (tertiary/aromatic N) is 1. The summed E-state index contributed by atoms with van der Waals surface area (Å²) in [4.78, 5) is 3.48. The number of halogens is 3. The van der Waals surface area contributed by atoms with Crippen molar-refractivity contribution in [1.82, 2.24) is 4.98 Å². The number of rotatable bonds is 6. The van der Waals surface area contributed by atoms with Crippen molar-refractivity contribution in [2.45, 2.75) is 12.8 Å². The summed E-state index contributed by atoms with van der Waals surface area (Å²) in [7, 11) is 1.57. The molecule has 0 saturated carbocycles. The average molecular weight is 323 g/mol. The zero-order valence-corrected chi connectivity index (χ0v) is 12.6. The molecule has 0 spiro atoms. The molecule has 1 aromatic carbocycles. The number of pyridine rings is 1. The zero-order chi connectivity index (χ0) is 16.9. The lowest BCUT2D eigenvalue weighted by Gasteiger charge is -2.13. The molecule has 3 nitrogen and oxygen atoms in total. The number of alkyl halides is 3. The van der Waals surface area contributed by atoms with Gasteiger partial charge in [-0.2, -0.15) is 13.2 Å². The topological polar surface area (TPSA) is 31.4 Å². The molecule has 0 unspecified atom stereocenters. The van der Waals surface area contributed by atoms with Crippen LogP contribution in [0.25, 0.3) is 5.57 Å². The maximum absolute atomic E-state index is 12.6. The van der Waals surface area contributed by atoms with Crippen molar-refractivity contribution < 1.29 is 22.6 Å². The van der Waals surface area contributed by atoms with E-state index >= 15 is 0 Å². The average Bonchev–Trinajstić information content (AvgIpc) is 2.53. The van der Waals surface area contributed by atoms with Gasteiger partial charge >= 0.3 is 6.18 Å². The minimum Gasteiger partial charge on any atom is -0.473 e. The van der Waals surface area contributed by atoms with Gasteiger partial charge in [0, 0.05) is 13.2 Å². The first-order valence-corrected chi connectivity index (χ1v) is 6.84. The van der Waals surface area contributed by atoms with Crippen LogP contribution in [0.5, 0.6) is 5.88 Å². The lowest BCUT2D eigenvalue weighted by atomic mass is 10.0. The third-order valence-electron chi connectivity index (χ3n) is 3.11. The maximum atomic E-state index is 12.6. The normalized spacial score (nSPS) is 11.3. The summed E-state index contributed by atoms with van der Waals surface area (Å²) >= 11 is 0. The summed E-state index contributed by atoms with van der Waals surface area (Å²) in [6, 6.07) is 10.9. The van der Waals surface area contributed by atoms with E-state index in [1.165, 1.54) is 12.1 Å². The SMILES string of the molecule is C=C(COC)c1ccccc1COc1cccc(C(F)(F)F)n1. The fourth-order valence-corrected chi connectivity index (χ4v) is 2.05. The third-order valence-corrected chi connectivity index (χ3v) is 3.11. The van der Waals surface area contributed by atoms with Crippen molar-refractivity contribution in [2.24, 2.45) is 0 Å². The van der Waals surface area contributed by atoms with Gasteiger partial charge in [-0.15, -0.1) is 0 Å². The van der Waals surface area contributed by atoms with Crippen LogP contribution in [0.1, 0.15) is 16.8 Å². The van der Waals surface area contributed by atoms with E-state index in [-0.39, 0.29) is 12.5 Å². The van der Waals surface area contributed by atoms with E-state index in [1.54, 1.807) is 7.11 Å². The van der Waals surface area contributed by atoms with Crippen molar-refractivity contribution >= 4 is 5.57 Å². The number of aromatic nitrogens is 1. The molecule has 0 fully saturated rings. The van der Waals surface area contributed by atoms with Gasteiger partial charge in [0.2, 0.25) is 5.88 Å². The molecule has 0 aliphatic rings. The van der Waals surface area contributed by atoms with Crippen LogP contribution in [0.2, 0.25) is 0 Å². The molecule has 1 aromatic heterocycles. The highest BCUT2D eigenvalue weighted by atomic mass is 19.4. The number of hydrogen-bond acceptors (Lipinski definition) is 3. The van der Waals surface area contributed by atoms with Gasteiger partial charge in [-0.3, -0.25) is 0 Å². The molecular formula is C17H16F3NO2. The number of methoxy groups -OCH3 is 1. The monoisotopic (exact) mass is 323 g/mol. The molecule has 122 valence electrons. The lowest BCUT2D eigenvalue weighted by Crippen LogP contribution is -2.09. The van der Waals surface area contributed by atoms with Gasteiger partial charge in [-0.05, 0) is 22.8 Å². The van der Waals surface area contributed by atoms with Crippen LogP contribution in [0, 0.1) is 0 Å². The van der Waals surface area contributed by atoms with E-state index in [0.717, 1.165) is 22.8 Å². The van der Waals surface area contributed by atoms with E-state index in [2.05, 4.69) is 11.6 Å². The molecule has 0 aliphatic heterocycles. The molecule has 2 aromatic rings. The Morgan fingerprint density at radius 1 is 1.13 bits per heavy atom. The quantitative estimate of drug-likeness (QED) is 0.792. The van der Waals surface area contributed by atoms with Crippen molar-refractivity contribution in [3.05, 3.63) is 65.9 Å². The van der Waals surface area contributed by atoms with Gasteiger partial charge < -0.3 is 9.47 Å². The molecule has 0 radical (unpaired) electrons. The van der Waals surface area contributed by atoms with E-state index in [0.29, 0.717) is 6.61 Å². The largest absolute Gasteiger partial charge is 0.473 e. The molecule has 0 N–H and O–H groups in total. The third kappa shape index (κ3) is 4.56. The summed E-state index contributed by atoms with van der Waals surface area (Å²) in [5.74, 6) is -0.0769. The van der Waals surface area contributed by atoms with Crippen LogP contribution in [0.3, 0.4) is 0 Å². The Hall–Kier alpha value is -2.34. The molecule has 0 aliphatic carbocycles. The molecule has 0 atom stereocenters. The second-order valence-electron chi connectivity index (χ2n) is 4.84. The molecule has 0 saturated heterocycles. The van der Waals surface area contributed by atoms with E-state index < -0.39 is 11.9 Å². The van der Waals surface area contributed by atoms with Gasteiger partial charge in [0.05, 0.1) is 6.61 Å². The number of ether oxygens (including phenoxy) is 2.